The predicted octanol–water partition coefficient (Wildman–Crippen LogP) is 3.53. The quantitative estimate of drug-likeness (QED) is 0.826. The fourth-order valence-electron chi connectivity index (χ4n) is 2.18. The van der Waals surface area contributed by atoms with Crippen LogP contribution in [0.4, 0.5) is 0 Å². The molecule has 0 spiro atoms. The van der Waals surface area contributed by atoms with Gasteiger partial charge < -0.3 is 5.32 Å². The molecule has 0 fully saturated rings. The van der Waals surface area contributed by atoms with Gasteiger partial charge in [-0.2, -0.15) is 0 Å². The molecule has 2 aromatic carbocycles. The Labute approximate surface area is 114 Å². The third-order valence-electron chi connectivity index (χ3n) is 3.35. The number of hydrogen-bond donors (Lipinski definition) is 1. The maximum absolute atomic E-state index is 12.2. The second-order valence-corrected chi connectivity index (χ2v) is 4.56. The van der Waals surface area contributed by atoms with Crippen molar-refractivity contribution in [2.45, 2.75) is 19.4 Å². The summed E-state index contributed by atoms with van der Waals surface area (Å²) in [6.07, 6.45) is 0.801. The lowest BCUT2D eigenvalue weighted by Crippen LogP contribution is -2.33. The van der Waals surface area contributed by atoms with Gasteiger partial charge in [-0.3, -0.25) is 4.79 Å². The van der Waals surface area contributed by atoms with E-state index >= 15 is 0 Å². The normalized spacial score (nSPS) is 12.1. The van der Waals surface area contributed by atoms with Crippen molar-refractivity contribution >= 4 is 5.78 Å². The second kappa shape index (κ2) is 6.30. The average molecular weight is 253 g/mol. The summed E-state index contributed by atoms with van der Waals surface area (Å²) in [7, 11) is 1.82. The Morgan fingerprint density at radius 2 is 1.58 bits per heavy atom. The molecule has 0 radical (unpaired) electrons. The van der Waals surface area contributed by atoms with Gasteiger partial charge in [-0.15, -0.1) is 0 Å². The van der Waals surface area contributed by atoms with Crippen molar-refractivity contribution in [3.63, 3.8) is 0 Å². The summed E-state index contributed by atoms with van der Waals surface area (Å²) < 4.78 is 0. The van der Waals surface area contributed by atoms with Gasteiger partial charge in [-0.1, -0.05) is 61.5 Å². The second-order valence-electron chi connectivity index (χ2n) is 4.56. The van der Waals surface area contributed by atoms with E-state index in [4.69, 9.17) is 0 Å². The molecule has 2 nitrogen and oxygen atoms in total. The number of carbonyl (C=O) groups excluding carboxylic acids is 1. The van der Waals surface area contributed by atoms with Crippen LogP contribution in [-0.4, -0.2) is 18.9 Å². The Hall–Kier alpha value is -1.93. The van der Waals surface area contributed by atoms with Crippen molar-refractivity contribution in [3.8, 4) is 11.1 Å². The molecular weight excluding hydrogens is 234 g/mol. The highest BCUT2D eigenvalue weighted by Gasteiger charge is 2.15. The SMILES string of the molecule is CCC(NC)C(=O)c1ccc(-c2ccccc2)cc1. The molecule has 0 aromatic heterocycles. The first-order valence-electron chi connectivity index (χ1n) is 6.63. The van der Waals surface area contributed by atoms with Gasteiger partial charge in [0.1, 0.15) is 0 Å². The van der Waals surface area contributed by atoms with E-state index in [9.17, 15) is 4.79 Å². The van der Waals surface area contributed by atoms with E-state index in [1.165, 1.54) is 5.56 Å². The molecule has 0 bridgehead atoms. The first-order chi connectivity index (χ1) is 9.26. The zero-order valence-electron chi connectivity index (χ0n) is 11.4. The van der Waals surface area contributed by atoms with Crippen LogP contribution in [0.2, 0.25) is 0 Å². The van der Waals surface area contributed by atoms with Crippen molar-refractivity contribution in [1.82, 2.24) is 5.32 Å². The van der Waals surface area contributed by atoms with Gasteiger partial charge in [0.25, 0.3) is 0 Å². The molecule has 19 heavy (non-hydrogen) atoms. The average Bonchev–Trinajstić information content (AvgIpc) is 2.49. The molecule has 0 saturated carbocycles. The van der Waals surface area contributed by atoms with Crippen LogP contribution in [0.15, 0.2) is 54.6 Å². The summed E-state index contributed by atoms with van der Waals surface area (Å²) in [5.74, 6) is 0.157. The summed E-state index contributed by atoms with van der Waals surface area (Å²) in [4.78, 5) is 12.2. The van der Waals surface area contributed by atoms with Gasteiger partial charge >= 0.3 is 0 Å². The fraction of sp³-hybridized carbons (Fsp3) is 0.235. The Bertz CT molecular complexity index is 527. The number of rotatable bonds is 5. The third-order valence-corrected chi connectivity index (χ3v) is 3.35. The topological polar surface area (TPSA) is 29.1 Å². The van der Waals surface area contributed by atoms with E-state index in [0.29, 0.717) is 0 Å². The highest BCUT2D eigenvalue weighted by atomic mass is 16.1. The highest BCUT2D eigenvalue weighted by Crippen LogP contribution is 2.19. The van der Waals surface area contributed by atoms with Crippen LogP contribution >= 0.6 is 0 Å². The van der Waals surface area contributed by atoms with Gasteiger partial charge in [0.2, 0.25) is 0 Å². The molecule has 1 unspecified atom stereocenters. The molecule has 1 N–H and O–H groups in total. The Balaban J connectivity index is 2.22. The fourth-order valence-corrected chi connectivity index (χ4v) is 2.18. The molecule has 0 saturated heterocycles. The van der Waals surface area contributed by atoms with Crippen LogP contribution < -0.4 is 5.32 Å². The van der Waals surface area contributed by atoms with Crippen LogP contribution in [0.1, 0.15) is 23.7 Å². The van der Waals surface area contributed by atoms with E-state index in [1.807, 2.05) is 56.4 Å². The zero-order valence-corrected chi connectivity index (χ0v) is 11.4. The minimum Gasteiger partial charge on any atom is -0.310 e. The van der Waals surface area contributed by atoms with Crippen LogP contribution in [0.25, 0.3) is 11.1 Å². The lowest BCUT2D eigenvalue weighted by atomic mass is 9.99. The van der Waals surface area contributed by atoms with E-state index in [1.54, 1.807) is 0 Å². The summed E-state index contributed by atoms with van der Waals surface area (Å²) in [6.45, 7) is 2.01. The Morgan fingerprint density at radius 1 is 1.00 bits per heavy atom. The summed E-state index contributed by atoms with van der Waals surface area (Å²) in [5, 5.41) is 3.05. The summed E-state index contributed by atoms with van der Waals surface area (Å²) in [6, 6.07) is 17.9. The van der Waals surface area contributed by atoms with Crippen LogP contribution in [0, 0.1) is 0 Å². The van der Waals surface area contributed by atoms with Crippen molar-refractivity contribution in [1.29, 1.82) is 0 Å². The Morgan fingerprint density at radius 3 is 2.11 bits per heavy atom. The third kappa shape index (κ3) is 3.09. The molecule has 2 rings (SSSR count). The number of nitrogens with one attached hydrogen (secondary N) is 1. The van der Waals surface area contributed by atoms with E-state index < -0.39 is 0 Å². The minimum absolute atomic E-state index is 0.0948. The number of carbonyl (C=O) groups is 1. The Kier molecular flexibility index (Phi) is 4.48. The van der Waals surface area contributed by atoms with Crippen molar-refractivity contribution < 1.29 is 4.79 Å². The molecular formula is C17H19NO. The number of hydrogen-bond acceptors (Lipinski definition) is 2. The molecule has 2 aromatic rings. The zero-order chi connectivity index (χ0) is 13.7. The summed E-state index contributed by atoms with van der Waals surface area (Å²) >= 11 is 0. The van der Waals surface area contributed by atoms with E-state index in [0.717, 1.165) is 17.5 Å². The molecule has 0 heterocycles. The first kappa shape index (κ1) is 13.5. The van der Waals surface area contributed by atoms with Gasteiger partial charge in [0, 0.05) is 5.56 Å². The summed E-state index contributed by atoms with van der Waals surface area (Å²) in [5.41, 5.74) is 3.07. The molecule has 0 aliphatic rings. The number of ketones is 1. The highest BCUT2D eigenvalue weighted by molar-refractivity contribution is 6.00. The largest absolute Gasteiger partial charge is 0.310 e. The van der Waals surface area contributed by atoms with Gasteiger partial charge in [0.15, 0.2) is 5.78 Å². The maximum atomic E-state index is 12.2. The molecule has 0 aliphatic heterocycles. The number of Topliss-reactive ketones (excluding diaryl/α,β-unsaturated/α-hetero) is 1. The van der Waals surface area contributed by atoms with Gasteiger partial charge in [-0.25, -0.2) is 0 Å². The van der Waals surface area contributed by atoms with Crippen LogP contribution in [-0.2, 0) is 0 Å². The van der Waals surface area contributed by atoms with E-state index in [-0.39, 0.29) is 11.8 Å². The monoisotopic (exact) mass is 253 g/mol. The van der Waals surface area contributed by atoms with Crippen molar-refractivity contribution in [3.05, 3.63) is 60.2 Å². The van der Waals surface area contributed by atoms with Crippen LogP contribution in [0.3, 0.4) is 0 Å². The van der Waals surface area contributed by atoms with Crippen molar-refractivity contribution in [2.24, 2.45) is 0 Å². The van der Waals surface area contributed by atoms with Gasteiger partial charge in [-0.05, 0) is 24.6 Å². The standard InChI is InChI=1S/C17H19NO/c1-3-16(18-2)17(19)15-11-9-14(10-12-15)13-7-5-4-6-8-13/h4-12,16,18H,3H2,1-2H3. The lowest BCUT2D eigenvalue weighted by molar-refractivity contribution is 0.0945. The molecule has 2 heteroatoms. The minimum atomic E-state index is -0.0948. The molecule has 1 atom stereocenters. The van der Waals surface area contributed by atoms with E-state index in [2.05, 4.69) is 17.4 Å². The van der Waals surface area contributed by atoms with Gasteiger partial charge in [0.05, 0.1) is 6.04 Å². The van der Waals surface area contributed by atoms with Crippen LogP contribution in [0.5, 0.6) is 0 Å². The number of likely N-dealkylation sites (N-methyl/N-ethyl adjacent to an activating group) is 1. The maximum Gasteiger partial charge on any atom is 0.179 e. The number of benzene rings is 2. The smallest absolute Gasteiger partial charge is 0.179 e. The predicted molar refractivity (Wildman–Crippen MR) is 79.3 cm³/mol. The molecule has 0 aliphatic carbocycles. The van der Waals surface area contributed by atoms with Crippen molar-refractivity contribution in [2.75, 3.05) is 7.05 Å². The lowest BCUT2D eigenvalue weighted by Gasteiger charge is -2.12. The first-order valence-corrected chi connectivity index (χ1v) is 6.63. The molecule has 98 valence electrons. The molecule has 0 amide bonds.